The summed E-state index contributed by atoms with van der Waals surface area (Å²) in [6.07, 6.45) is 0. The Balaban J connectivity index is 0.00000312. The number of hydrogen-bond acceptors (Lipinski definition) is 5. The Hall–Kier alpha value is -0.420. The molecule has 1 fully saturated rings. The van der Waals surface area contributed by atoms with Crippen molar-refractivity contribution in [2.75, 3.05) is 25.9 Å². The highest BCUT2D eigenvalue weighted by Gasteiger charge is 2.40. The van der Waals surface area contributed by atoms with Crippen molar-refractivity contribution in [2.24, 2.45) is 4.99 Å². The Bertz CT molecular complexity index is 726. The third kappa shape index (κ3) is 5.06. The second-order valence-electron chi connectivity index (χ2n) is 7.10. The molecular formula is C16H29IN4O2S2. The van der Waals surface area contributed by atoms with Gasteiger partial charge in [0.1, 0.15) is 5.01 Å². The number of thiazole rings is 1. The average Bonchev–Trinajstić information content (AvgIpc) is 2.84. The maximum absolute atomic E-state index is 12.1. The van der Waals surface area contributed by atoms with E-state index in [1.165, 1.54) is 4.88 Å². The van der Waals surface area contributed by atoms with Gasteiger partial charge in [-0.25, -0.2) is 13.4 Å². The van der Waals surface area contributed by atoms with Crippen molar-refractivity contribution in [1.29, 1.82) is 0 Å². The molecule has 2 rings (SSSR count). The summed E-state index contributed by atoms with van der Waals surface area (Å²) in [5.41, 5.74) is 1.15. The number of aryl methyl sites for hydroxylation is 1. The zero-order valence-corrected chi connectivity index (χ0v) is 19.8. The maximum Gasteiger partial charge on any atom is 0.194 e. The summed E-state index contributed by atoms with van der Waals surface area (Å²) >= 11 is 1.70. The van der Waals surface area contributed by atoms with Crippen LogP contribution in [0.4, 0.5) is 0 Å². The molecule has 0 radical (unpaired) electrons. The molecule has 0 spiro atoms. The molecule has 0 bridgehead atoms. The molecule has 9 heteroatoms. The van der Waals surface area contributed by atoms with Crippen LogP contribution < -0.4 is 5.32 Å². The number of nitrogens with one attached hydrogen (secondary N) is 1. The fraction of sp³-hybridized carbons (Fsp3) is 0.750. The largest absolute Gasteiger partial charge is 0.350 e. The van der Waals surface area contributed by atoms with Gasteiger partial charge in [-0.1, -0.05) is 13.8 Å². The van der Waals surface area contributed by atoms with Gasteiger partial charge in [0.2, 0.25) is 0 Å². The molecule has 1 saturated heterocycles. The molecule has 1 aliphatic heterocycles. The fourth-order valence-corrected chi connectivity index (χ4v) is 5.28. The van der Waals surface area contributed by atoms with Crippen LogP contribution in [0.2, 0.25) is 0 Å². The maximum atomic E-state index is 12.1. The van der Waals surface area contributed by atoms with Gasteiger partial charge in [0.25, 0.3) is 0 Å². The highest BCUT2D eigenvalue weighted by molar-refractivity contribution is 14.0. The topological polar surface area (TPSA) is 74.7 Å². The standard InChI is InChI=1S/C16H28N4O2S2.HI/c1-11(2)14-12(3)23-13(19-14)9-18-15(17-6)20-7-8-24(21,22)16(4,5)10-20;/h11H,7-10H2,1-6H3,(H,17,18);1H. The highest BCUT2D eigenvalue weighted by Crippen LogP contribution is 2.25. The Morgan fingerprint density at radius 1 is 1.44 bits per heavy atom. The second-order valence-corrected chi connectivity index (χ2v) is 11.1. The molecule has 0 unspecified atom stereocenters. The van der Waals surface area contributed by atoms with Gasteiger partial charge >= 0.3 is 0 Å². The minimum absolute atomic E-state index is 0. The normalized spacial score (nSPS) is 19.6. The molecule has 1 aliphatic rings. The summed E-state index contributed by atoms with van der Waals surface area (Å²) in [7, 11) is -1.32. The van der Waals surface area contributed by atoms with Crippen LogP contribution in [-0.4, -0.2) is 54.9 Å². The quantitative estimate of drug-likeness (QED) is 0.393. The van der Waals surface area contributed by atoms with Gasteiger partial charge < -0.3 is 10.2 Å². The van der Waals surface area contributed by atoms with Gasteiger partial charge in [0, 0.05) is 25.0 Å². The monoisotopic (exact) mass is 500 g/mol. The summed E-state index contributed by atoms with van der Waals surface area (Å²) in [5.74, 6) is 1.31. The molecule has 0 aromatic carbocycles. The first-order valence-electron chi connectivity index (χ1n) is 8.21. The molecule has 2 heterocycles. The molecule has 25 heavy (non-hydrogen) atoms. The summed E-state index contributed by atoms with van der Waals surface area (Å²) in [6, 6.07) is 0. The van der Waals surface area contributed by atoms with Gasteiger partial charge in [0.15, 0.2) is 15.8 Å². The third-order valence-electron chi connectivity index (χ3n) is 4.38. The Morgan fingerprint density at radius 2 is 2.08 bits per heavy atom. The van der Waals surface area contributed by atoms with Crippen LogP contribution in [-0.2, 0) is 16.4 Å². The number of aliphatic imine (C=N–C) groups is 1. The molecule has 0 saturated carbocycles. The Kier molecular flexibility index (Phi) is 7.70. The molecule has 0 amide bonds. The van der Waals surface area contributed by atoms with E-state index in [2.05, 4.69) is 31.1 Å². The van der Waals surface area contributed by atoms with Crippen LogP contribution in [0.5, 0.6) is 0 Å². The lowest BCUT2D eigenvalue weighted by molar-refractivity contribution is 0.353. The van der Waals surface area contributed by atoms with Crippen molar-refractivity contribution >= 4 is 51.1 Å². The minimum atomic E-state index is -3.05. The van der Waals surface area contributed by atoms with Gasteiger partial charge in [-0.3, -0.25) is 4.99 Å². The molecule has 0 aliphatic carbocycles. The van der Waals surface area contributed by atoms with Gasteiger partial charge in [-0.15, -0.1) is 35.3 Å². The summed E-state index contributed by atoms with van der Waals surface area (Å²) < 4.78 is 23.5. The minimum Gasteiger partial charge on any atom is -0.350 e. The number of rotatable bonds is 3. The van der Waals surface area contributed by atoms with Gasteiger partial charge in [0.05, 0.1) is 22.7 Å². The van der Waals surface area contributed by atoms with E-state index in [1.54, 1.807) is 32.2 Å². The first-order valence-corrected chi connectivity index (χ1v) is 10.7. The zero-order chi connectivity index (χ0) is 18.1. The van der Waals surface area contributed by atoms with Crippen molar-refractivity contribution in [2.45, 2.75) is 51.8 Å². The molecule has 1 N–H and O–H groups in total. The van der Waals surface area contributed by atoms with Crippen LogP contribution in [0.25, 0.3) is 0 Å². The molecule has 144 valence electrons. The van der Waals surface area contributed by atoms with Crippen molar-refractivity contribution in [3.63, 3.8) is 0 Å². The van der Waals surface area contributed by atoms with Crippen LogP contribution in [0, 0.1) is 6.92 Å². The average molecular weight is 500 g/mol. The van der Waals surface area contributed by atoms with E-state index in [0.717, 1.165) is 16.7 Å². The van der Waals surface area contributed by atoms with Crippen LogP contribution in [0.3, 0.4) is 0 Å². The van der Waals surface area contributed by atoms with E-state index < -0.39 is 14.6 Å². The molecule has 1 aromatic heterocycles. The molecular weight excluding hydrogens is 471 g/mol. The lowest BCUT2D eigenvalue weighted by atomic mass is 10.1. The Labute approximate surface area is 172 Å². The number of aromatic nitrogens is 1. The molecule has 6 nitrogen and oxygen atoms in total. The van der Waals surface area contributed by atoms with Crippen molar-refractivity contribution in [3.8, 4) is 0 Å². The molecule has 0 atom stereocenters. The SMILES string of the molecule is CN=C(NCc1nc(C(C)C)c(C)s1)N1CCS(=O)(=O)C(C)(C)C1.I. The lowest BCUT2D eigenvalue weighted by Crippen LogP contribution is -2.57. The van der Waals surface area contributed by atoms with E-state index >= 15 is 0 Å². The fourth-order valence-electron chi connectivity index (χ4n) is 2.89. The van der Waals surface area contributed by atoms with E-state index in [4.69, 9.17) is 4.98 Å². The van der Waals surface area contributed by atoms with E-state index in [1.807, 2.05) is 4.90 Å². The summed E-state index contributed by atoms with van der Waals surface area (Å²) in [6.45, 7) is 11.5. The first kappa shape index (κ1) is 22.6. The summed E-state index contributed by atoms with van der Waals surface area (Å²) in [5, 5.41) is 4.36. The predicted octanol–water partition coefficient (Wildman–Crippen LogP) is 2.78. The number of halogens is 1. The number of sulfone groups is 1. The smallest absolute Gasteiger partial charge is 0.194 e. The number of guanidine groups is 1. The van der Waals surface area contributed by atoms with Crippen LogP contribution in [0.15, 0.2) is 4.99 Å². The van der Waals surface area contributed by atoms with Crippen LogP contribution >= 0.6 is 35.3 Å². The lowest BCUT2D eigenvalue weighted by Gasteiger charge is -2.39. The van der Waals surface area contributed by atoms with Crippen molar-refractivity contribution in [1.82, 2.24) is 15.2 Å². The highest BCUT2D eigenvalue weighted by atomic mass is 127. The molecule has 1 aromatic rings. The van der Waals surface area contributed by atoms with Crippen molar-refractivity contribution in [3.05, 3.63) is 15.6 Å². The van der Waals surface area contributed by atoms with E-state index in [9.17, 15) is 8.42 Å². The van der Waals surface area contributed by atoms with Gasteiger partial charge in [-0.2, -0.15) is 0 Å². The van der Waals surface area contributed by atoms with E-state index in [0.29, 0.717) is 25.6 Å². The van der Waals surface area contributed by atoms with Gasteiger partial charge in [-0.05, 0) is 26.7 Å². The Morgan fingerprint density at radius 3 is 2.56 bits per heavy atom. The second kappa shape index (κ2) is 8.51. The predicted molar refractivity (Wildman–Crippen MR) is 116 cm³/mol. The number of hydrogen-bond donors (Lipinski definition) is 1. The number of nitrogens with zero attached hydrogens (tertiary/aromatic N) is 3. The zero-order valence-electron chi connectivity index (χ0n) is 15.8. The van der Waals surface area contributed by atoms with E-state index in [-0.39, 0.29) is 29.7 Å². The summed E-state index contributed by atoms with van der Waals surface area (Å²) in [4.78, 5) is 12.3. The first-order chi connectivity index (χ1) is 11.1. The van der Waals surface area contributed by atoms with Crippen LogP contribution in [0.1, 0.15) is 49.2 Å². The van der Waals surface area contributed by atoms with Crippen molar-refractivity contribution < 1.29 is 8.42 Å². The third-order valence-corrected chi connectivity index (χ3v) is 7.90.